The summed E-state index contributed by atoms with van der Waals surface area (Å²) in [5, 5.41) is 10.5. The lowest BCUT2D eigenvalue weighted by Gasteiger charge is -2.03. The van der Waals surface area contributed by atoms with Crippen molar-refractivity contribution >= 4 is 5.69 Å². The van der Waals surface area contributed by atoms with Crippen molar-refractivity contribution in [1.29, 1.82) is 0 Å². The molecule has 17 heavy (non-hydrogen) atoms. The Kier molecular flexibility index (Phi) is 3.00. The predicted molar refractivity (Wildman–Crippen MR) is 62.1 cm³/mol. The molecular formula is C12H10N2O3. The van der Waals surface area contributed by atoms with Gasteiger partial charge in [-0.05, 0) is 24.6 Å². The maximum Gasteiger partial charge on any atom is 0.269 e. The molecule has 0 bridgehead atoms. The van der Waals surface area contributed by atoms with E-state index >= 15 is 0 Å². The SMILES string of the molecule is Cc1ccc(Oc2ccc([N+](=O)[O-])cc2)nc1. The van der Waals surface area contributed by atoms with E-state index in [9.17, 15) is 10.1 Å². The largest absolute Gasteiger partial charge is 0.439 e. The van der Waals surface area contributed by atoms with Crippen LogP contribution in [0.1, 0.15) is 5.56 Å². The van der Waals surface area contributed by atoms with Gasteiger partial charge in [-0.25, -0.2) is 4.98 Å². The quantitative estimate of drug-likeness (QED) is 0.600. The molecule has 0 aliphatic rings. The number of aromatic nitrogens is 1. The Hall–Kier alpha value is -2.43. The fourth-order valence-electron chi connectivity index (χ4n) is 1.27. The molecule has 0 atom stereocenters. The van der Waals surface area contributed by atoms with Crippen LogP contribution < -0.4 is 4.74 Å². The number of pyridine rings is 1. The molecule has 1 aromatic carbocycles. The summed E-state index contributed by atoms with van der Waals surface area (Å²) in [5.41, 5.74) is 1.08. The van der Waals surface area contributed by atoms with Crippen molar-refractivity contribution in [2.24, 2.45) is 0 Å². The lowest BCUT2D eigenvalue weighted by atomic mass is 10.3. The number of hydrogen-bond donors (Lipinski definition) is 0. The van der Waals surface area contributed by atoms with Gasteiger partial charge in [-0.2, -0.15) is 0 Å². The number of nitrogens with zero attached hydrogens (tertiary/aromatic N) is 2. The molecule has 2 aromatic rings. The molecule has 1 aromatic heterocycles. The minimum Gasteiger partial charge on any atom is -0.439 e. The second kappa shape index (κ2) is 4.61. The van der Waals surface area contributed by atoms with Gasteiger partial charge in [-0.15, -0.1) is 0 Å². The molecule has 0 saturated carbocycles. The van der Waals surface area contributed by atoms with Gasteiger partial charge in [0.1, 0.15) is 5.75 Å². The molecule has 1 heterocycles. The normalized spacial score (nSPS) is 9.94. The molecule has 0 radical (unpaired) electrons. The average Bonchev–Trinajstić information content (AvgIpc) is 2.33. The van der Waals surface area contributed by atoms with E-state index in [2.05, 4.69) is 4.98 Å². The van der Waals surface area contributed by atoms with Crippen molar-refractivity contribution in [1.82, 2.24) is 4.98 Å². The van der Waals surface area contributed by atoms with E-state index in [1.54, 1.807) is 24.4 Å². The van der Waals surface area contributed by atoms with Gasteiger partial charge in [0.05, 0.1) is 4.92 Å². The van der Waals surface area contributed by atoms with Crippen molar-refractivity contribution < 1.29 is 9.66 Å². The van der Waals surface area contributed by atoms with Gasteiger partial charge in [0.25, 0.3) is 5.69 Å². The van der Waals surface area contributed by atoms with Crippen molar-refractivity contribution in [3.8, 4) is 11.6 Å². The van der Waals surface area contributed by atoms with Crippen LogP contribution in [0.15, 0.2) is 42.6 Å². The van der Waals surface area contributed by atoms with Gasteiger partial charge in [0.2, 0.25) is 5.88 Å². The second-order valence-electron chi connectivity index (χ2n) is 3.53. The third-order valence-corrected chi connectivity index (χ3v) is 2.15. The topological polar surface area (TPSA) is 65.3 Å². The lowest BCUT2D eigenvalue weighted by Crippen LogP contribution is -1.90. The highest BCUT2D eigenvalue weighted by Gasteiger charge is 2.05. The van der Waals surface area contributed by atoms with Crippen LogP contribution in [0.5, 0.6) is 11.6 Å². The fourth-order valence-corrected chi connectivity index (χ4v) is 1.27. The van der Waals surface area contributed by atoms with E-state index in [1.165, 1.54) is 12.1 Å². The number of nitro benzene ring substituents is 1. The number of benzene rings is 1. The van der Waals surface area contributed by atoms with Crippen molar-refractivity contribution in [2.75, 3.05) is 0 Å². The first kappa shape index (κ1) is 11.1. The molecular weight excluding hydrogens is 220 g/mol. The zero-order chi connectivity index (χ0) is 12.3. The smallest absolute Gasteiger partial charge is 0.269 e. The second-order valence-corrected chi connectivity index (χ2v) is 3.53. The number of nitro groups is 1. The maximum atomic E-state index is 10.5. The summed E-state index contributed by atoms with van der Waals surface area (Å²) >= 11 is 0. The highest BCUT2D eigenvalue weighted by Crippen LogP contribution is 2.22. The Morgan fingerprint density at radius 3 is 2.41 bits per heavy atom. The van der Waals surface area contributed by atoms with E-state index < -0.39 is 4.92 Å². The standard InChI is InChI=1S/C12H10N2O3/c1-9-2-7-12(13-8-9)17-11-5-3-10(4-6-11)14(15)16/h2-8H,1H3. The van der Waals surface area contributed by atoms with Crippen LogP contribution in [0, 0.1) is 17.0 Å². The van der Waals surface area contributed by atoms with Gasteiger partial charge in [-0.3, -0.25) is 10.1 Å². The molecule has 0 fully saturated rings. The Morgan fingerprint density at radius 1 is 1.18 bits per heavy atom. The predicted octanol–water partition coefficient (Wildman–Crippen LogP) is 3.09. The summed E-state index contributed by atoms with van der Waals surface area (Å²) in [5.74, 6) is 0.983. The number of non-ortho nitro benzene ring substituents is 1. The summed E-state index contributed by atoms with van der Waals surface area (Å²) < 4.78 is 5.43. The molecule has 0 aliphatic carbocycles. The van der Waals surface area contributed by atoms with Gasteiger partial charge in [-0.1, -0.05) is 6.07 Å². The molecule has 0 N–H and O–H groups in total. The number of aryl methyl sites for hydroxylation is 1. The van der Waals surface area contributed by atoms with E-state index in [-0.39, 0.29) is 5.69 Å². The molecule has 0 amide bonds. The van der Waals surface area contributed by atoms with Gasteiger partial charge >= 0.3 is 0 Å². The third-order valence-electron chi connectivity index (χ3n) is 2.15. The molecule has 0 spiro atoms. The van der Waals surface area contributed by atoms with Crippen LogP contribution in [0.4, 0.5) is 5.69 Å². The minimum atomic E-state index is -0.450. The molecule has 0 saturated heterocycles. The highest BCUT2D eigenvalue weighted by atomic mass is 16.6. The summed E-state index contributed by atoms with van der Waals surface area (Å²) in [7, 11) is 0. The molecule has 2 rings (SSSR count). The van der Waals surface area contributed by atoms with E-state index in [0.29, 0.717) is 11.6 Å². The highest BCUT2D eigenvalue weighted by molar-refractivity contribution is 5.37. The van der Waals surface area contributed by atoms with Gasteiger partial charge in [0.15, 0.2) is 0 Å². The molecule has 86 valence electrons. The first-order valence-electron chi connectivity index (χ1n) is 5.00. The summed E-state index contributed by atoms with van der Waals surface area (Å²) in [4.78, 5) is 14.1. The molecule has 0 unspecified atom stereocenters. The molecule has 0 aliphatic heterocycles. The molecule has 5 nitrogen and oxygen atoms in total. The monoisotopic (exact) mass is 230 g/mol. The lowest BCUT2D eigenvalue weighted by molar-refractivity contribution is -0.384. The van der Waals surface area contributed by atoms with Gasteiger partial charge in [0, 0.05) is 24.4 Å². The summed E-state index contributed by atoms with van der Waals surface area (Å²) in [6.45, 7) is 1.93. The first-order chi connectivity index (χ1) is 8.15. The minimum absolute atomic E-state index is 0.0363. The number of rotatable bonds is 3. The van der Waals surface area contributed by atoms with Crippen LogP contribution in [-0.2, 0) is 0 Å². The van der Waals surface area contributed by atoms with Crippen LogP contribution in [-0.4, -0.2) is 9.91 Å². The molecule has 5 heteroatoms. The van der Waals surface area contributed by atoms with E-state index in [0.717, 1.165) is 5.56 Å². The number of ether oxygens (including phenoxy) is 1. The first-order valence-corrected chi connectivity index (χ1v) is 5.00. The van der Waals surface area contributed by atoms with Crippen LogP contribution in [0.2, 0.25) is 0 Å². The number of hydrogen-bond acceptors (Lipinski definition) is 4. The van der Waals surface area contributed by atoms with Crippen LogP contribution in [0.3, 0.4) is 0 Å². The van der Waals surface area contributed by atoms with Crippen molar-refractivity contribution in [3.05, 3.63) is 58.3 Å². The average molecular weight is 230 g/mol. The van der Waals surface area contributed by atoms with Gasteiger partial charge < -0.3 is 4.74 Å². The van der Waals surface area contributed by atoms with Crippen LogP contribution >= 0.6 is 0 Å². The Labute approximate surface area is 97.8 Å². The zero-order valence-electron chi connectivity index (χ0n) is 9.16. The Morgan fingerprint density at radius 2 is 1.88 bits per heavy atom. The zero-order valence-corrected chi connectivity index (χ0v) is 9.16. The van der Waals surface area contributed by atoms with Crippen LogP contribution in [0.25, 0.3) is 0 Å². The van der Waals surface area contributed by atoms with Crippen molar-refractivity contribution in [3.63, 3.8) is 0 Å². The van der Waals surface area contributed by atoms with E-state index in [4.69, 9.17) is 4.74 Å². The third kappa shape index (κ3) is 2.78. The van der Waals surface area contributed by atoms with Crippen molar-refractivity contribution in [2.45, 2.75) is 6.92 Å². The maximum absolute atomic E-state index is 10.5. The summed E-state index contributed by atoms with van der Waals surface area (Å²) in [6, 6.07) is 9.50. The van der Waals surface area contributed by atoms with E-state index in [1.807, 2.05) is 13.0 Å². The fraction of sp³-hybridized carbons (Fsp3) is 0.0833. The Bertz CT molecular complexity index is 520. The Balaban J connectivity index is 2.13. The summed E-state index contributed by atoms with van der Waals surface area (Å²) in [6.07, 6.45) is 1.70.